The van der Waals surface area contributed by atoms with Gasteiger partial charge >= 0.3 is 0 Å². The van der Waals surface area contributed by atoms with Crippen LogP contribution in [0.4, 0.5) is 0 Å². The minimum Gasteiger partial charge on any atom is -0.115 e. The molecule has 0 fully saturated rings. The standard InChI is InChI=1S/C15H20/c1-3-5-7-9-11-13-15-14-12-10-8-6-4-2/h1,5-8,11-14H,4,9-10,15H2,2H3/b7-5-,8-6-,13-11-,14-12-. The van der Waals surface area contributed by atoms with Crippen LogP contribution in [0.3, 0.4) is 0 Å². The molecule has 0 aromatic heterocycles. The summed E-state index contributed by atoms with van der Waals surface area (Å²) in [7, 11) is 0. The Balaban J connectivity index is 3.40. The molecule has 0 unspecified atom stereocenters. The van der Waals surface area contributed by atoms with E-state index in [1.54, 1.807) is 6.08 Å². The van der Waals surface area contributed by atoms with Gasteiger partial charge in [0.1, 0.15) is 0 Å². The predicted octanol–water partition coefficient (Wildman–Crippen LogP) is 4.42. The lowest BCUT2D eigenvalue weighted by molar-refractivity contribution is 1.19. The zero-order valence-corrected chi connectivity index (χ0v) is 9.52. The summed E-state index contributed by atoms with van der Waals surface area (Å²) in [6, 6.07) is 0. The Labute approximate surface area is 94.1 Å². The Morgan fingerprint density at radius 2 is 1.27 bits per heavy atom. The van der Waals surface area contributed by atoms with Crippen molar-refractivity contribution in [2.45, 2.75) is 32.6 Å². The van der Waals surface area contributed by atoms with Gasteiger partial charge in [0, 0.05) is 0 Å². The normalized spacial score (nSPS) is 12.3. The molecule has 0 saturated heterocycles. The summed E-state index contributed by atoms with van der Waals surface area (Å²) in [5.41, 5.74) is 0. The molecule has 0 rings (SSSR count). The van der Waals surface area contributed by atoms with Crippen molar-refractivity contribution < 1.29 is 0 Å². The van der Waals surface area contributed by atoms with Crippen molar-refractivity contribution in [2.24, 2.45) is 0 Å². The van der Waals surface area contributed by atoms with Crippen molar-refractivity contribution in [3.63, 3.8) is 0 Å². The third-order valence-electron chi connectivity index (χ3n) is 1.77. The Morgan fingerprint density at radius 1 is 0.800 bits per heavy atom. The van der Waals surface area contributed by atoms with E-state index in [0.717, 1.165) is 25.7 Å². The summed E-state index contributed by atoms with van der Waals surface area (Å²) in [4.78, 5) is 0. The van der Waals surface area contributed by atoms with Crippen LogP contribution in [-0.2, 0) is 0 Å². The van der Waals surface area contributed by atoms with E-state index in [1.807, 2.05) is 6.08 Å². The summed E-state index contributed by atoms with van der Waals surface area (Å²) >= 11 is 0. The second kappa shape index (κ2) is 12.5. The molecule has 0 amide bonds. The average molecular weight is 200 g/mol. The van der Waals surface area contributed by atoms with Crippen molar-refractivity contribution in [1.82, 2.24) is 0 Å². The van der Waals surface area contributed by atoms with Gasteiger partial charge in [0.05, 0.1) is 0 Å². The van der Waals surface area contributed by atoms with Crippen LogP contribution in [0.15, 0.2) is 48.6 Å². The molecule has 15 heavy (non-hydrogen) atoms. The van der Waals surface area contributed by atoms with Gasteiger partial charge in [-0.05, 0) is 31.8 Å². The molecule has 0 atom stereocenters. The lowest BCUT2D eigenvalue weighted by Crippen LogP contribution is -1.62. The van der Waals surface area contributed by atoms with Gasteiger partial charge in [-0.25, -0.2) is 0 Å². The largest absolute Gasteiger partial charge is 0.115 e. The molecule has 0 radical (unpaired) electrons. The summed E-state index contributed by atoms with van der Waals surface area (Å²) in [6.07, 6.45) is 25.9. The molecule has 0 aromatic rings. The van der Waals surface area contributed by atoms with Crippen LogP contribution < -0.4 is 0 Å². The number of allylic oxidation sites excluding steroid dienone is 8. The molecule has 0 aromatic carbocycles. The Hall–Kier alpha value is -1.48. The van der Waals surface area contributed by atoms with E-state index in [1.165, 1.54) is 0 Å². The fourth-order valence-electron chi connectivity index (χ4n) is 1.02. The second-order valence-corrected chi connectivity index (χ2v) is 3.10. The molecule has 0 bridgehead atoms. The monoisotopic (exact) mass is 200 g/mol. The Bertz CT molecular complexity index is 269. The first-order chi connectivity index (χ1) is 7.41. The molecule has 0 spiro atoms. The van der Waals surface area contributed by atoms with E-state index in [0.29, 0.717) is 0 Å². The molecule has 0 N–H and O–H groups in total. The summed E-state index contributed by atoms with van der Waals surface area (Å²) in [5.74, 6) is 2.46. The van der Waals surface area contributed by atoms with Gasteiger partial charge in [0.15, 0.2) is 0 Å². The predicted molar refractivity (Wildman–Crippen MR) is 69.5 cm³/mol. The van der Waals surface area contributed by atoms with Crippen molar-refractivity contribution >= 4 is 0 Å². The zero-order valence-electron chi connectivity index (χ0n) is 9.52. The first-order valence-electron chi connectivity index (χ1n) is 5.48. The molecule has 0 heterocycles. The fourth-order valence-corrected chi connectivity index (χ4v) is 1.02. The van der Waals surface area contributed by atoms with Crippen LogP contribution in [0.2, 0.25) is 0 Å². The second-order valence-electron chi connectivity index (χ2n) is 3.10. The van der Waals surface area contributed by atoms with Crippen LogP contribution in [0.5, 0.6) is 0 Å². The van der Waals surface area contributed by atoms with Crippen LogP contribution in [0.25, 0.3) is 0 Å². The van der Waals surface area contributed by atoms with Gasteiger partial charge in [0.2, 0.25) is 0 Å². The zero-order chi connectivity index (χ0) is 11.2. The lowest BCUT2D eigenvalue weighted by Gasteiger charge is -1.83. The molecule has 0 aliphatic carbocycles. The maximum Gasteiger partial charge on any atom is -0.0158 e. The van der Waals surface area contributed by atoms with Gasteiger partial charge in [-0.15, -0.1) is 6.42 Å². The molecule has 0 aliphatic heterocycles. The lowest BCUT2D eigenvalue weighted by atomic mass is 10.2. The molecular formula is C15H20. The van der Waals surface area contributed by atoms with Crippen molar-refractivity contribution in [1.29, 1.82) is 0 Å². The smallest absolute Gasteiger partial charge is 0.0158 e. The molecule has 0 aliphatic rings. The van der Waals surface area contributed by atoms with Crippen molar-refractivity contribution in [3.05, 3.63) is 48.6 Å². The Kier molecular flexibility index (Phi) is 11.3. The van der Waals surface area contributed by atoms with E-state index in [-0.39, 0.29) is 0 Å². The Morgan fingerprint density at radius 3 is 1.73 bits per heavy atom. The first-order valence-corrected chi connectivity index (χ1v) is 5.48. The fraction of sp³-hybridized carbons (Fsp3) is 0.333. The highest BCUT2D eigenvalue weighted by molar-refractivity contribution is 5.10. The van der Waals surface area contributed by atoms with Gasteiger partial charge in [-0.3, -0.25) is 0 Å². The average Bonchev–Trinajstić information content (AvgIpc) is 2.26. The van der Waals surface area contributed by atoms with Gasteiger partial charge < -0.3 is 0 Å². The third kappa shape index (κ3) is 12.5. The van der Waals surface area contributed by atoms with Gasteiger partial charge in [-0.2, -0.15) is 0 Å². The highest BCUT2D eigenvalue weighted by Gasteiger charge is 1.73. The number of hydrogen-bond acceptors (Lipinski definition) is 0. The van der Waals surface area contributed by atoms with Crippen LogP contribution in [0, 0.1) is 12.3 Å². The number of terminal acetylenes is 1. The number of hydrogen-bond donors (Lipinski definition) is 0. The van der Waals surface area contributed by atoms with Crippen LogP contribution in [0.1, 0.15) is 32.6 Å². The topological polar surface area (TPSA) is 0 Å². The molecule has 80 valence electrons. The maximum absolute atomic E-state index is 5.07. The van der Waals surface area contributed by atoms with Crippen molar-refractivity contribution in [3.8, 4) is 12.3 Å². The van der Waals surface area contributed by atoms with E-state index < -0.39 is 0 Å². The highest BCUT2D eigenvalue weighted by atomic mass is 13.8. The third-order valence-corrected chi connectivity index (χ3v) is 1.77. The van der Waals surface area contributed by atoms with E-state index in [4.69, 9.17) is 6.42 Å². The van der Waals surface area contributed by atoms with Gasteiger partial charge in [-0.1, -0.05) is 55.4 Å². The molecule has 0 heteroatoms. The van der Waals surface area contributed by atoms with Crippen LogP contribution in [-0.4, -0.2) is 0 Å². The highest BCUT2D eigenvalue weighted by Crippen LogP contribution is 1.93. The van der Waals surface area contributed by atoms with Gasteiger partial charge in [0.25, 0.3) is 0 Å². The summed E-state index contributed by atoms with van der Waals surface area (Å²) in [6.45, 7) is 2.15. The van der Waals surface area contributed by atoms with E-state index >= 15 is 0 Å². The minimum absolute atomic E-state index is 0.924. The van der Waals surface area contributed by atoms with E-state index in [9.17, 15) is 0 Å². The first kappa shape index (κ1) is 13.5. The quantitative estimate of drug-likeness (QED) is 0.421. The molecule has 0 saturated carbocycles. The summed E-state index contributed by atoms with van der Waals surface area (Å²) < 4.78 is 0. The summed E-state index contributed by atoms with van der Waals surface area (Å²) in [5, 5.41) is 0. The molecular weight excluding hydrogens is 180 g/mol. The maximum atomic E-state index is 5.07. The molecule has 0 nitrogen and oxygen atoms in total. The number of rotatable bonds is 7. The van der Waals surface area contributed by atoms with Crippen molar-refractivity contribution in [2.75, 3.05) is 0 Å². The SMILES string of the molecule is C#C/C=C\C/C=C\C/C=C\C/C=C\CC. The van der Waals surface area contributed by atoms with E-state index in [2.05, 4.69) is 49.3 Å². The van der Waals surface area contributed by atoms with Crippen LogP contribution >= 0.6 is 0 Å². The minimum atomic E-state index is 0.924.